The van der Waals surface area contributed by atoms with Gasteiger partial charge in [-0.1, -0.05) is 35.9 Å². The Kier molecular flexibility index (Phi) is 6.66. The van der Waals surface area contributed by atoms with Crippen LogP contribution in [0.3, 0.4) is 0 Å². The van der Waals surface area contributed by atoms with Gasteiger partial charge in [-0.25, -0.2) is 8.42 Å². The van der Waals surface area contributed by atoms with Crippen molar-refractivity contribution in [2.45, 2.75) is 26.4 Å². The predicted molar refractivity (Wildman–Crippen MR) is 97.1 cm³/mol. The predicted octanol–water partition coefficient (Wildman–Crippen LogP) is 1.86. The molecule has 134 valence electrons. The summed E-state index contributed by atoms with van der Waals surface area (Å²) in [5.41, 5.74) is 2.96. The Morgan fingerprint density at radius 2 is 1.88 bits per heavy atom. The van der Waals surface area contributed by atoms with Crippen LogP contribution >= 0.6 is 0 Å². The number of nitrogens with zero attached hydrogens (tertiary/aromatic N) is 2. The number of amides is 1. The van der Waals surface area contributed by atoms with Crippen LogP contribution < -0.4 is 5.32 Å². The van der Waals surface area contributed by atoms with E-state index in [1.807, 2.05) is 37.3 Å². The van der Waals surface area contributed by atoms with Crippen molar-refractivity contribution in [3.05, 3.63) is 65.5 Å². The van der Waals surface area contributed by atoms with Gasteiger partial charge in [0, 0.05) is 38.4 Å². The van der Waals surface area contributed by atoms with E-state index in [4.69, 9.17) is 0 Å². The molecule has 1 heterocycles. The quantitative estimate of drug-likeness (QED) is 0.778. The molecule has 0 atom stereocenters. The first kappa shape index (κ1) is 19.1. The van der Waals surface area contributed by atoms with Gasteiger partial charge in [0.05, 0.1) is 6.26 Å². The second-order valence-corrected chi connectivity index (χ2v) is 7.95. The Labute approximate surface area is 148 Å². The zero-order valence-corrected chi connectivity index (χ0v) is 15.3. The zero-order valence-electron chi connectivity index (χ0n) is 14.5. The summed E-state index contributed by atoms with van der Waals surface area (Å²) in [5, 5.41) is 2.82. The molecule has 1 N–H and O–H groups in total. The molecule has 1 aromatic heterocycles. The fourth-order valence-corrected chi connectivity index (χ4v) is 3.09. The van der Waals surface area contributed by atoms with Crippen LogP contribution in [0, 0.1) is 6.92 Å². The summed E-state index contributed by atoms with van der Waals surface area (Å²) in [5.74, 6) is -0.180. The van der Waals surface area contributed by atoms with E-state index < -0.39 is 10.0 Å². The first-order valence-electron chi connectivity index (χ1n) is 8.01. The summed E-state index contributed by atoms with van der Waals surface area (Å²) in [6.07, 6.45) is 4.51. The Bertz CT molecular complexity index is 790. The number of aromatic nitrogens is 1. The highest BCUT2D eigenvalue weighted by atomic mass is 32.2. The molecule has 0 aliphatic carbocycles. The van der Waals surface area contributed by atoms with Crippen LogP contribution in [0.4, 0.5) is 0 Å². The molecule has 0 spiro atoms. The van der Waals surface area contributed by atoms with Gasteiger partial charge in [-0.2, -0.15) is 4.31 Å². The molecule has 0 saturated carbocycles. The van der Waals surface area contributed by atoms with Crippen LogP contribution in [-0.4, -0.2) is 36.4 Å². The highest BCUT2D eigenvalue weighted by Gasteiger charge is 2.18. The molecule has 0 aliphatic heterocycles. The number of sulfonamides is 1. The van der Waals surface area contributed by atoms with Crippen LogP contribution in [0.5, 0.6) is 0 Å². The Balaban J connectivity index is 1.87. The highest BCUT2D eigenvalue weighted by Crippen LogP contribution is 2.08. The van der Waals surface area contributed by atoms with Crippen molar-refractivity contribution in [2.24, 2.45) is 0 Å². The van der Waals surface area contributed by atoms with E-state index in [2.05, 4.69) is 10.3 Å². The van der Waals surface area contributed by atoms with Crippen LogP contribution in [0.15, 0.2) is 48.8 Å². The maximum Gasteiger partial charge on any atom is 0.221 e. The molecule has 25 heavy (non-hydrogen) atoms. The number of aryl methyl sites for hydroxylation is 1. The molecule has 0 fully saturated rings. The van der Waals surface area contributed by atoms with Gasteiger partial charge >= 0.3 is 0 Å². The van der Waals surface area contributed by atoms with E-state index >= 15 is 0 Å². The monoisotopic (exact) mass is 361 g/mol. The molecule has 0 unspecified atom stereocenters. The van der Waals surface area contributed by atoms with E-state index in [-0.39, 0.29) is 25.4 Å². The summed E-state index contributed by atoms with van der Waals surface area (Å²) < 4.78 is 25.2. The highest BCUT2D eigenvalue weighted by molar-refractivity contribution is 7.88. The number of rotatable bonds is 8. The molecule has 0 bridgehead atoms. The van der Waals surface area contributed by atoms with Gasteiger partial charge in [-0.15, -0.1) is 0 Å². The fourth-order valence-electron chi connectivity index (χ4n) is 2.28. The van der Waals surface area contributed by atoms with Crippen molar-refractivity contribution in [3.63, 3.8) is 0 Å². The smallest absolute Gasteiger partial charge is 0.221 e. The maximum absolute atomic E-state index is 12.0. The molecular formula is C18H23N3O3S. The summed E-state index contributed by atoms with van der Waals surface area (Å²) in [7, 11) is -3.41. The summed E-state index contributed by atoms with van der Waals surface area (Å²) >= 11 is 0. The molecule has 6 nitrogen and oxygen atoms in total. The minimum atomic E-state index is -3.41. The standard InChI is InChI=1S/C18H23N3O3S/c1-15-5-7-16(8-6-15)13-20-18(22)9-11-21(25(2,23)24)14-17-4-3-10-19-12-17/h3-8,10,12H,9,11,13-14H2,1-2H3,(H,20,22). The van der Waals surface area contributed by atoms with E-state index in [1.54, 1.807) is 18.5 Å². The normalized spacial score (nSPS) is 11.5. The molecule has 1 aromatic carbocycles. The molecule has 2 aromatic rings. The number of benzene rings is 1. The SMILES string of the molecule is Cc1ccc(CNC(=O)CCN(Cc2cccnc2)S(C)(=O)=O)cc1. The van der Waals surface area contributed by atoms with Crippen molar-refractivity contribution < 1.29 is 13.2 Å². The van der Waals surface area contributed by atoms with Crippen molar-refractivity contribution in [2.75, 3.05) is 12.8 Å². The van der Waals surface area contributed by atoms with Crippen LogP contribution in [0.1, 0.15) is 23.1 Å². The van der Waals surface area contributed by atoms with Crippen molar-refractivity contribution in [1.29, 1.82) is 0 Å². The third-order valence-electron chi connectivity index (χ3n) is 3.75. The lowest BCUT2D eigenvalue weighted by Gasteiger charge is -2.19. The van der Waals surface area contributed by atoms with Crippen molar-refractivity contribution in [1.82, 2.24) is 14.6 Å². The third-order valence-corrected chi connectivity index (χ3v) is 5.00. The largest absolute Gasteiger partial charge is 0.352 e. The van der Waals surface area contributed by atoms with E-state index in [0.29, 0.717) is 6.54 Å². The fraction of sp³-hybridized carbons (Fsp3) is 0.333. The Morgan fingerprint density at radius 1 is 1.16 bits per heavy atom. The Hall–Kier alpha value is -2.25. The molecule has 7 heteroatoms. The molecule has 0 saturated heterocycles. The summed E-state index contributed by atoms with van der Waals surface area (Å²) in [6.45, 7) is 2.77. The molecule has 0 radical (unpaired) electrons. The summed E-state index contributed by atoms with van der Waals surface area (Å²) in [6, 6.07) is 11.5. The van der Waals surface area contributed by atoms with Gasteiger partial charge in [0.25, 0.3) is 0 Å². The van der Waals surface area contributed by atoms with Gasteiger partial charge in [0.2, 0.25) is 15.9 Å². The van der Waals surface area contributed by atoms with Gasteiger partial charge in [0.15, 0.2) is 0 Å². The van der Waals surface area contributed by atoms with Crippen LogP contribution in [-0.2, 0) is 27.9 Å². The van der Waals surface area contributed by atoms with Crippen molar-refractivity contribution in [3.8, 4) is 0 Å². The number of nitrogens with one attached hydrogen (secondary N) is 1. The number of hydrogen-bond acceptors (Lipinski definition) is 4. The van der Waals surface area contributed by atoms with E-state index in [9.17, 15) is 13.2 Å². The van der Waals surface area contributed by atoms with Crippen molar-refractivity contribution >= 4 is 15.9 Å². The minimum absolute atomic E-state index is 0.110. The lowest BCUT2D eigenvalue weighted by Crippen LogP contribution is -2.34. The average Bonchev–Trinajstić information content (AvgIpc) is 2.58. The molecule has 2 rings (SSSR count). The van der Waals surface area contributed by atoms with Gasteiger partial charge in [-0.3, -0.25) is 9.78 Å². The number of pyridine rings is 1. The van der Waals surface area contributed by atoms with Crippen LogP contribution in [0.25, 0.3) is 0 Å². The zero-order chi connectivity index (χ0) is 18.3. The lowest BCUT2D eigenvalue weighted by atomic mass is 10.1. The first-order valence-corrected chi connectivity index (χ1v) is 9.86. The molecular weight excluding hydrogens is 338 g/mol. The molecule has 0 aliphatic rings. The number of carbonyl (C=O) groups excluding carboxylic acids is 1. The van der Waals surface area contributed by atoms with Crippen LogP contribution in [0.2, 0.25) is 0 Å². The van der Waals surface area contributed by atoms with Gasteiger partial charge < -0.3 is 5.32 Å². The van der Waals surface area contributed by atoms with Gasteiger partial charge in [-0.05, 0) is 24.1 Å². The Morgan fingerprint density at radius 3 is 2.48 bits per heavy atom. The number of carbonyl (C=O) groups is 1. The number of hydrogen-bond donors (Lipinski definition) is 1. The van der Waals surface area contributed by atoms with E-state index in [0.717, 1.165) is 22.9 Å². The lowest BCUT2D eigenvalue weighted by molar-refractivity contribution is -0.121. The first-order chi connectivity index (χ1) is 11.8. The maximum atomic E-state index is 12.0. The second-order valence-electron chi connectivity index (χ2n) is 5.97. The topological polar surface area (TPSA) is 79.4 Å². The van der Waals surface area contributed by atoms with E-state index in [1.165, 1.54) is 4.31 Å². The third kappa shape index (κ3) is 6.64. The second kappa shape index (κ2) is 8.73. The van der Waals surface area contributed by atoms with Gasteiger partial charge in [0.1, 0.15) is 0 Å². The molecule has 1 amide bonds. The minimum Gasteiger partial charge on any atom is -0.352 e. The summed E-state index contributed by atoms with van der Waals surface area (Å²) in [4.78, 5) is 16.0. The average molecular weight is 361 g/mol.